The van der Waals surface area contributed by atoms with Crippen LogP contribution in [-0.4, -0.2) is 25.5 Å². The molecule has 2 aromatic rings. The number of nitro benzene ring substituents is 1. The van der Waals surface area contributed by atoms with Crippen molar-refractivity contribution >= 4 is 33.0 Å². The number of halogens is 1. The van der Waals surface area contributed by atoms with Gasteiger partial charge < -0.3 is 10.1 Å². The molecule has 0 atom stereocenters. The summed E-state index contributed by atoms with van der Waals surface area (Å²) in [6, 6.07) is 7.31. The lowest BCUT2D eigenvalue weighted by Gasteiger charge is -2.15. The van der Waals surface area contributed by atoms with Crippen LogP contribution in [0.25, 0.3) is 0 Å². The van der Waals surface area contributed by atoms with Gasteiger partial charge in [0.25, 0.3) is 5.69 Å². The molecule has 0 aliphatic heterocycles. The Balaban J connectivity index is 2.53. The van der Waals surface area contributed by atoms with Crippen molar-refractivity contribution in [2.45, 2.75) is 26.2 Å². The lowest BCUT2D eigenvalue weighted by Crippen LogP contribution is -2.15. The van der Waals surface area contributed by atoms with E-state index in [0.29, 0.717) is 6.42 Å². The summed E-state index contributed by atoms with van der Waals surface area (Å²) in [7, 11) is -3.80. The molecule has 11 heteroatoms. The number of ether oxygens (including phenoxy) is 1. The van der Waals surface area contributed by atoms with Crippen LogP contribution < -0.4 is 14.8 Å². The largest absolute Gasteiger partial charge is 0.452 e. The van der Waals surface area contributed by atoms with E-state index < -0.39 is 32.4 Å². The Labute approximate surface area is 167 Å². The van der Waals surface area contributed by atoms with Gasteiger partial charge >= 0.3 is 0 Å². The SMILES string of the molecule is CCCCC(=O)Nc1cc(NS(C)(=O)=O)c(Oc2ccccc2F)cc1[N+](=O)[O-]. The first kappa shape index (κ1) is 22.1. The third kappa shape index (κ3) is 6.42. The number of amides is 1. The predicted molar refractivity (Wildman–Crippen MR) is 106 cm³/mol. The topological polar surface area (TPSA) is 128 Å². The fraction of sp³-hybridized carbons (Fsp3) is 0.278. The number of carbonyl (C=O) groups excluding carboxylic acids is 1. The van der Waals surface area contributed by atoms with Crippen LogP contribution in [0.5, 0.6) is 11.5 Å². The van der Waals surface area contributed by atoms with Gasteiger partial charge in [0, 0.05) is 6.42 Å². The molecule has 1 amide bonds. The number of benzene rings is 2. The minimum atomic E-state index is -3.80. The second kappa shape index (κ2) is 9.32. The third-order valence-corrected chi connectivity index (χ3v) is 4.27. The Morgan fingerprint density at radius 3 is 2.48 bits per heavy atom. The van der Waals surface area contributed by atoms with E-state index >= 15 is 0 Å². The molecular weight excluding hydrogens is 405 g/mol. The number of nitro groups is 1. The average molecular weight is 425 g/mol. The van der Waals surface area contributed by atoms with Crippen molar-refractivity contribution in [2.75, 3.05) is 16.3 Å². The van der Waals surface area contributed by atoms with E-state index in [1.54, 1.807) is 0 Å². The van der Waals surface area contributed by atoms with Gasteiger partial charge in [0.1, 0.15) is 5.69 Å². The molecule has 29 heavy (non-hydrogen) atoms. The monoisotopic (exact) mass is 425 g/mol. The lowest BCUT2D eigenvalue weighted by atomic mass is 10.2. The quantitative estimate of drug-likeness (QED) is 0.461. The van der Waals surface area contributed by atoms with Gasteiger partial charge in [-0.1, -0.05) is 25.5 Å². The normalized spacial score (nSPS) is 11.0. The zero-order chi connectivity index (χ0) is 21.6. The second-order valence-corrected chi connectivity index (χ2v) is 7.93. The molecule has 0 heterocycles. The summed E-state index contributed by atoms with van der Waals surface area (Å²) < 4.78 is 44.9. The standard InChI is InChI=1S/C18H20FN3O6S/c1-3-4-9-18(23)20-13-10-14(21-29(2,26)27)17(11-15(13)22(24)25)28-16-8-6-5-7-12(16)19/h5-8,10-11,21H,3-4,9H2,1-2H3,(H,20,23). The molecule has 0 unspecified atom stereocenters. The Kier molecular flexibility index (Phi) is 7.10. The highest BCUT2D eigenvalue weighted by atomic mass is 32.2. The number of hydrogen-bond acceptors (Lipinski definition) is 6. The van der Waals surface area contributed by atoms with Crippen LogP contribution in [0.3, 0.4) is 0 Å². The van der Waals surface area contributed by atoms with Crippen molar-refractivity contribution in [3.63, 3.8) is 0 Å². The van der Waals surface area contributed by atoms with Crippen LogP contribution >= 0.6 is 0 Å². The molecule has 156 valence electrons. The predicted octanol–water partition coefficient (Wildman–Crippen LogP) is 4.03. The van der Waals surface area contributed by atoms with Gasteiger partial charge in [-0.2, -0.15) is 0 Å². The number of rotatable bonds is 9. The van der Waals surface area contributed by atoms with E-state index in [1.165, 1.54) is 18.2 Å². The first-order valence-corrected chi connectivity index (χ1v) is 10.5. The third-order valence-electron chi connectivity index (χ3n) is 3.68. The zero-order valence-corrected chi connectivity index (χ0v) is 16.6. The summed E-state index contributed by atoms with van der Waals surface area (Å²) in [4.78, 5) is 22.7. The van der Waals surface area contributed by atoms with Gasteiger partial charge in [-0.05, 0) is 24.6 Å². The van der Waals surface area contributed by atoms with Crippen LogP contribution in [0.4, 0.5) is 21.5 Å². The van der Waals surface area contributed by atoms with Crippen LogP contribution in [0.15, 0.2) is 36.4 Å². The fourth-order valence-corrected chi connectivity index (χ4v) is 2.94. The van der Waals surface area contributed by atoms with Crippen molar-refractivity contribution in [3.05, 3.63) is 52.3 Å². The number of sulfonamides is 1. The molecule has 0 saturated carbocycles. The molecule has 9 nitrogen and oxygen atoms in total. The molecule has 0 aromatic heterocycles. The van der Waals surface area contributed by atoms with E-state index in [0.717, 1.165) is 30.9 Å². The van der Waals surface area contributed by atoms with Gasteiger partial charge in [0.2, 0.25) is 15.9 Å². The van der Waals surface area contributed by atoms with Gasteiger partial charge in [-0.3, -0.25) is 19.6 Å². The lowest BCUT2D eigenvalue weighted by molar-refractivity contribution is -0.384. The van der Waals surface area contributed by atoms with E-state index in [1.807, 2.05) is 6.92 Å². The highest BCUT2D eigenvalue weighted by molar-refractivity contribution is 7.92. The van der Waals surface area contributed by atoms with Crippen molar-refractivity contribution < 1.29 is 27.3 Å². The molecule has 0 radical (unpaired) electrons. The number of carbonyl (C=O) groups is 1. The maximum Gasteiger partial charge on any atom is 0.296 e. The zero-order valence-electron chi connectivity index (χ0n) is 15.8. The van der Waals surface area contributed by atoms with Crippen LogP contribution in [-0.2, 0) is 14.8 Å². The number of unbranched alkanes of at least 4 members (excludes halogenated alkanes) is 1. The molecule has 0 saturated heterocycles. The maximum absolute atomic E-state index is 13.9. The van der Waals surface area contributed by atoms with E-state index in [9.17, 15) is 27.7 Å². The molecule has 2 rings (SSSR count). The highest BCUT2D eigenvalue weighted by Gasteiger charge is 2.23. The Bertz CT molecular complexity index is 1030. The molecule has 0 spiro atoms. The average Bonchev–Trinajstić information content (AvgIpc) is 2.62. The van der Waals surface area contributed by atoms with Gasteiger partial charge in [-0.15, -0.1) is 0 Å². The molecule has 0 aliphatic rings. The van der Waals surface area contributed by atoms with E-state index in [-0.39, 0.29) is 29.3 Å². The summed E-state index contributed by atoms with van der Waals surface area (Å²) >= 11 is 0. The Morgan fingerprint density at radius 1 is 1.21 bits per heavy atom. The molecule has 0 aliphatic carbocycles. The smallest absolute Gasteiger partial charge is 0.296 e. The van der Waals surface area contributed by atoms with Crippen LogP contribution in [0.2, 0.25) is 0 Å². The van der Waals surface area contributed by atoms with Crippen LogP contribution in [0, 0.1) is 15.9 Å². The minimum Gasteiger partial charge on any atom is -0.452 e. The summed E-state index contributed by atoms with van der Waals surface area (Å²) in [5.41, 5.74) is -0.921. The van der Waals surface area contributed by atoms with Gasteiger partial charge in [0.15, 0.2) is 17.3 Å². The van der Waals surface area contributed by atoms with Gasteiger partial charge in [-0.25, -0.2) is 12.8 Å². The van der Waals surface area contributed by atoms with Crippen molar-refractivity contribution in [1.82, 2.24) is 0 Å². The van der Waals surface area contributed by atoms with E-state index in [2.05, 4.69) is 10.0 Å². The summed E-state index contributed by atoms with van der Waals surface area (Å²) in [5, 5.41) is 13.9. The van der Waals surface area contributed by atoms with Gasteiger partial charge in [0.05, 0.1) is 22.9 Å². The molecular formula is C18H20FN3O6S. The molecule has 0 bridgehead atoms. The highest BCUT2D eigenvalue weighted by Crippen LogP contribution is 2.39. The molecule has 0 fully saturated rings. The summed E-state index contributed by atoms with van der Waals surface area (Å²) in [6.45, 7) is 1.89. The number of nitrogens with one attached hydrogen (secondary N) is 2. The second-order valence-electron chi connectivity index (χ2n) is 6.18. The minimum absolute atomic E-state index is 0.149. The van der Waals surface area contributed by atoms with Crippen molar-refractivity contribution in [2.24, 2.45) is 0 Å². The van der Waals surface area contributed by atoms with Crippen molar-refractivity contribution in [1.29, 1.82) is 0 Å². The first-order chi connectivity index (χ1) is 13.6. The summed E-state index contributed by atoms with van der Waals surface area (Å²) in [5.74, 6) is -1.74. The maximum atomic E-state index is 13.9. The number of nitrogens with zero attached hydrogens (tertiary/aromatic N) is 1. The number of anilines is 2. The number of hydrogen-bond donors (Lipinski definition) is 2. The molecule has 2 aromatic carbocycles. The first-order valence-electron chi connectivity index (χ1n) is 8.63. The molecule has 2 N–H and O–H groups in total. The van der Waals surface area contributed by atoms with Crippen LogP contribution in [0.1, 0.15) is 26.2 Å². The van der Waals surface area contributed by atoms with E-state index in [4.69, 9.17) is 4.74 Å². The van der Waals surface area contributed by atoms with Crippen molar-refractivity contribution in [3.8, 4) is 11.5 Å². The fourth-order valence-electron chi connectivity index (χ4n) is 2.38. The summed E-state index contributed by atoms with van der Waals surface area (Å²) in [6.07, 6.45) is 2.37. The Hall–Kier alpha value is -3.21. The number of para-hydroxylation sites is 1. The Morgan fingerprint density at radius 2 is 1.90 bits per heavy atom.